The Morgan fingerprint density at radius 2 is 2.05 bits per heavy atom. The molecule has 19 heavy (non-hydrogen) atoms. The van der Waals surface area contributed by atoms with E-state index in [9.17, 15) is 9.90 Å². The molecule has 2 aromatic carbocycles. The fourth-order valence-corrected chi connectivity index (χ4v) is 1.81. The maximum absolute atomic E-state index is 11.9. The molecule has 0 atom stereocenters. The molecule has 0 bridgehead atoms. The summed E-state index contributed by atoms with van der Waals surface area (Å²) in [6, 6.07) is 10.5. The van der Waals surface area contributed by atoms with Crippen molar-refractivity contribution in [2.75, 3.05) is 6.61 Å². The monoisotopic (exact) mass is 256 g/mol. The van der Waals surface area contributed by atoms with E-state index in [4.69, 9.17) is 4.74 Å². The van der Waals surface area contributed by atoms with Gasteiger partial charge in [-0.25, -0.2) is 4.79 Å². The molecule has 1 N–H and O–H groups in total. The van der Waals surface area contributed by atoms with Crippen molar-refractivity contribution in [2.24, 2.45) is 0 Å². The third-order valence-corrected chi connectivity index (χ3v) is 2.84. The Kier molecular flexibility index (Phi) is 3.85. The van der Waals surface area contributed by atoms with Gasteiger partial charge in [-0.05, 0) is 24.4 Å². The van der Waals surface area contributed by atoms with E-state index < -0.39 is 5.97 Å². The van der Waals surface area contributed by atoms with Gasteiger partial charge in [0.05, 0.1) is 12.2 Å². The second-order valence-corrected chi connectivity index (χ2v) is 4.56. The van der Waals surface area contributed by atoms with Crippen molar-refractivity contribution in [1.82, 2.24) is 0 Å². The normalized spacial score (nSPS) is 10.4. The average molecular weight is 256 g/mol. The smallest absolute Gasteiger partial charge is 0.338 e. The van der Waals surface area contributed by atoms with Crippen LogP contribution >= 0.6 is 0 Å². The molecule has 0 unspecified atom stereocenters. The Morgan fingerprint density at radius 3 is 2.79 bits per heavy atom. The summed E-state index contributed by atoms with van der Waals surface area (Å²) in [6.45, 7) is 5.94. The molecule has 0 aromatic heterocycles. The van der Waals surface area contributed by atoms with Gasteiger partial charge in [-0.15, -0.1) is 6.58 Å². The summed E-state index contributed by atoms with van der Waals surface area (Å²) in [5.41, 5.74) is 1.33. The average Bonchev–Trinajstić information content (AvgIpc) is 2.38. The Bertz CT molecular complexity index is 629. The van der Waals surface area contributed by atoms with Crippen LogP contribution in [-0.4, -0.2) is 17.7 Å². The highest BCUT2D eigenvalue weighted by atomic mass is 16.5. The summed E-state index contributed by atoms with van der Waals surface area (Å²) in [7, 11) is 0. The van der Waals surface area contributed by atoms with Crippen LogP contribution in [0.3, 0.4) is 0 Å². The van der Waals surface area contributed by atoms with Gasteiger partial charge in [0.2, 0.25) is 0 Å². The highest BCUT2D eigenvalue weighted by molar-refractivity contribution is 5.98. The molecule has 0 heterocycles. The quantitative estimate of drug-likeness (QED) is 0.670. The molecule has 0 saturated heterocycles. The number of rotatable bonds is 4. The number of phenols is 1. The fourth-order valence-electron chi connectivity index (χ4n) is 1.81. The number of ether oxygens (including phenoxy) is 1. The van der Waals surface area contributed by atoms with Crippen LogP contribution in [0.1, 0.15) is 23.7 Å². The number of aromatic hydroxyl groups is 1. The fraction of sp³-hybridized carbons (Fsp3) is 0.188. The molecule has 2 rings (SSSR count). The lowest BCUT2D eigenvalue weighted by Crippen LogP contribution is -2.06. The molecule has 0 spiro atoms. The van der Waals surface area contributed by atoms with Crippen LogP contribution in [0.4, 0.5) is 0 Å². The predicted molar refractivity (Wildman–Crippen MR) is 75.3 cm³/mol. The Hall–Kier alpha value is -2.29. The second kappa shape index (κ2) is 5.57. The van der Waals surface area contributed by atoms with Gasteiger partial charge >= 0.3 is 5.97 Å². The number of hydrogen-bond donors (Lipinski definition) is 1. The van der Waals surface area contributed by atoms with Crippen molar-refractivity contribution in [2.45, 2.75) is 13.3 Å². The summed E-state index contributed by atoms with van der Waals surface area (Å²) < 4.78 is 5.13. The van der Waals surface area contributed by atoms with Crippen molar-refractivity contribution in [3.05, 3.63) is 54.1 Å². The molecule has 0 aliphatic rings. The maximum atomic E-state index is 11.9. The molecule has 0 amide bonds. The minimum absolute atomic E-state index is 0.0879. The first-order valence-corrected chi connectivity index (χ1v) is 6.11. The highest BCUT2D eigenvalue weighted by Crippen LogP contribution is 2.26. The van der Waals surface area contributed by atoms with Crippen molar-refractivity contribution in [1.29, 1.82) is 0 Å². The zero-order chi connectivity index (χ0) is 13.8. The zero-order valence-electron chi connectivity index (χ0n) is 10.8. The molecule has 0 aliphatic carbocycles. The highest BCUT2D eigenvalue weighted by Gasteiger charge is 2.10. The van der Waals surface area contributed by atoms with Gasteiger partial charge in [0.25, 0.3) is 0 Å². The van der Waals surface area contributed by atoms with Crippen LogP contribution in [-0.2, 0) is 4.74 Å². The van der Waals surface area contributed by atoms with E-state index >= 15 is 0 Å². The first-order chi connectivity index (χ1) is 9.08. The van der Waals surface area contributed by atoms with Gasteiger partial charge in [0.1, 0.15) is 5.75 Å². The predicted octanol–water partition coefficient (Wildman–Crippen LogP) is 3.67. The van der Waals surface area contributed by atoms with Crippen molar-refractivity contribution in [3.63, 3.8) is 0 Å². The van der Waals surface area contributed by atoms with Crippen LogP contribution in [0.5, 0.6) is 5.75 Å². The summed E-state index contributed by atoms with van der Waals surface area (Å²) >= 11 is 0. The molecule has 3 nitrogen and oxygen atoms in total. The second-order valence-electron chi connectivity index (χ2n) is 4.56. The lowest BCUT2D eigenvalue weighted by atomic mass is 10.1. The minimum atomic E-state index is -0.428. The van der Waals surface area contributed by atoms with E-state index in [1.54, 1.807) is 12.1 Å². The number of benzene rings is 2. The molecule has 0 saturated carbocycles. The third-order valence-electron chi connectivity index (χ3n) is 2.84. The van der Waals surface area contributed by atoms with Gasteiger partial charge in [-0.3, -0.25) is 0 Å². The van der Waals surface area contributed by atoms with Gasteiger partial charge in [-0.1, -0.05) is 29.8 Å². The molecular weight excluding hydrogens is 240 g/mol. The lowest BCUT2D eigenvalue weighted by molar-refractivity contribution is 0.0509. The van der Waals surface area contributed by atoms with E-state index in [-0.39, 0.29) is 5.75 Å². The number of carbonyl (C=O) groups is 1. The third kappa shape index (κ3) is 3.13. The van der Waals surface area contributed by atoms with Crippen LogP contribution < -0.4 is 0 Å². The van der Waals surface area contributed by atoms with E-state index in [1.165, 1.54) is 6.07 Å². The number of carbonyl (C=O) groups excluding carboxylic acids is 1. The van der Waals surface area contributed by atoms with Crippen LogP contribution in [0.2, 0.25) is 0 Å². The molecule has 0 radical (unpaired) electrons. The number of fused-ring (bicyclic) bond motifs is 1. The van der Waals surface area contributed by atoms with Crippen molar-refractivity contribution in [3.8, 4) is 5.75 Å². The summed E-state index contributed by atoms with van der Waals surface area (Å²) in [5, 5.41) is 11.4. The summed E-state index contributed by atoms with van der Waals surface area (Å²) in [6.07, 6.45) is 0.644. The maximum Gasteiger partial charge on any atom is 0.338 e. The van der Waals surface area contributed by atoms with Crippen molar-refractivity contribution >= 4 is 16.7 Å². The van der Waals surface area contributed by atoms with Gasteiger partial charge < -0.3 is 9.84 Å². The standard InChI is InChI=1S/C16H16O3/c1-11(2)7-8-19-16(18)13-9-12-5-3-4-6-14(12)15(17)10-13/h3-6,9-10,17H,1,7-8H2,2H3. The van der Waals surface area contributed by atoms with Crippen LogP contribution in [0, 0.1) is 0 Å². The van der Waals surface area contributed by atoms with E-state index in [1.807, 2.05) is 25.1 Å². The van der Waals surface area contributed by atoms with Crippen molar-refractivity contribution < 1.29 is 14.6 Å². The first kappa shape index (κ1) is 13.1. The Labute approximate surface area is 112 Å². The Morgan fingerprint density at radius 1 is 1.32 bits per heavy atom. The number of hydrogen-bond acceptors (Lipinski definition) is 3. The van der Waals surface area contributed by atoms with Gasteiger partial charge in [0, 0.05) is 11.8 Å². The zero-order valence-corrected chi connectivity index (χ0v) is 10.8. The van der Waals surface area contributed by atoms with E-state index in [2.05, 4.69) is 6.58 Å². The molecule has 2 aromatic rings. The molecular formula is C16H16O3. The molecule has 0 aliphatic heterocycles. The molecule has 3 heteroatoms. The SMILES string of the molecule is C=C(C)CCOC(=O)c1cc(O)c2ccccc2c1. The first-order valence-electron chi connectivity index (χ1n) is 6.11. The van der Waals surface area contributed by atoms with Gasteiger partial charge in [-0.2, -0.15) is 0 Å². The topological polar surface area (TPSA) is 46.5 Å². The largest absolute Gasteiger partial charge is 0.507 e. The van der Waals surface area contributed by atoms with E-state index in [0.29, 0.717) is 18.6 Å². The summed E-state index contributed by atoms with van der Waals surface area (Å²) in [4.78, 5) is 11.9. The molecule has 98 valence electrons. The van der Waals surface area contributed by atoms with E-state index in [0.717, 1.165) is 16.3 Å². The number of phenolic OH excluding ortho intramolecular Hbond substituents is 1. The lowest BCUT2D eigenvalue weighted by Gasteiger charge is -2.07. The minimum Gasteiger partial charge on any atom is -0.507 e. The van der Waals surface area contributed by atoms with Crippen LogP contribution in [0.15, 0.2) is 48.6 Å². The molecule has 0 fully saturated rings. The summed E-state index contributed by atoms with van der Waals surface area (Å²) in [5.74, 6) is -0.341. The number of esters is 1. The van der Waals surface area contributed by atoms with Gasteiger partial charge in [0.15, 0.2) is 0 Å². The Balaban J connectivity index is 2.20. The van der Waals surface area contributed by atoms with Crippen LogP contribution in [0.25, 0.3) is 10.8 Å².